The number of ether oxygens (including phenoxy) is 2. The van der Waals surface area contributed by atoms with Crippen molar-refractivity contribution in [3.05, 3.63) is 53.5 Å². The van der Waals surface area contributed by atoms with Crippen molar-refractivity contribution >= 4 is 35.4 Å². The van der Waals surface area contributed by atoms with E-state index in [9.17, 15) is 23.5 Å². The number of hydrogen-bond acceptors (Lipinski definition) is 5. The van der Waals surface area contributed by atoms with E-state index in [1.54, 1.807) is 17.2 Å². The van der Waals surface area contributed by atoms with Crippen molar-refractivity contribution in [1.29, 1.82) is 0 Å². The molecule has 0 bridgehead atoms. The third-order valence-corrected chi connectivity index (χ3v) is 6.95. The molecule has 33 heavy (non-hydrogen) atoms. The summed E-state index contributed by atoms with van der Waals surface area (Å²) >= 11 is 0. The van der Waals surface area contributed by atoms with Crippen molar-refractivity contribution < 1.29 is 33.0 Å². The molecule has 2 aliphatic rings. The molecule has 10 heteroatoms. The van der Waals surface area contributed by atoms with Crippen molar-refractivity contribution in [2.24, 2.45) is 5.92 Å². The highest BCUT2D eigenvalue weighted by Crippen LogP contribution is 2.48. The standard InChI is InChI=1S/C23H22FN2O6P/c1-12(2)7-15-16-9-25-20-14(4-5-18-22(20)32-11-31-18)21(16)26(23(15)27)10-13-3-6-19(17(24)8-13)33(28,29)30/h3-6,8-9,12,15H,7,10-11H2,1-2H3,(H2,28,29,30). The van der Waals surface area contributed by atoms with Crippen LogP contribution in [0, 0.1) is 11.7 Å². The predicted octanol–water partition coefficient (Wildman–Crippen LogP) is 3.58. The topological polar surface area (TPSA) is 109 Å². The fourth-order valence-electron chi connectivity index (χ4n) is 4.54. The molecule has 0 aliphatic carbocycles. The van der Waals surface area contributed by atoms with Crippen LogP contribution in [-0.2, 0) is 15.9 Å². The quantitative estimate of drug-likeness (QED) is 0.547. The molecule has 8 nitrogen and oxygen atoms in total. The molecule has 0 saturated heterocycles. The third kappa shape index (κ3) is 3.66. The molecule has 2 aliphatic heterocycles. The van der Waals surface area contributed by atoms with Crippen LogP contribution in [0.15, 0.2) is 36.5 Å². The van der Waals surface area contributed by atoms with Gasteiger partial charge in [-0.1, -0.05) is 19.9 Å². The Morgan fingerprint density at radius 2 is 2.03 bits per heavy atom. The van der Waals surface area contributed by atoms with Crippen LogP contribution in [-0.4, -0.2) is 27.5 Å². The van der Waals surface area contributed by atoms with Crippen molar-refractivity contribution in [1.82, 2.24) is 4.98 Å². The number of pyridine rings is 1. The number of fused-ring (bicyclic) bond motifs is 5. The lowest BCUT2D eigenvalue weighted by Gasteiger charge is -2.20. The minimum atomic E-state index is -4.73. The van der Waals surface area contributed by atoms with Gasteiger partial charge in [0.15, 0.2) is 11.5 Å². The summed E-state index contributed by atoms with van der Waals surface area (Å²) in [5.41, 5.74) is 2.48. The maximum absolute atomic E-state index is 14.4. The Hall–Kier alpha value is -3.00. The van der Waals surface area contributed by atoms with Crippen LogP contribution in [0.25, 0.3) is 10.9 Å². The molecule has 5 rings (SSSR count). The Labute approximate surface area is 189 Å². The Balaban J connectivity index is 1.62. The molecule has 172 valence electrons. The largest absolute Gasteiger partial charge is 0.454 e. The summed E-state index contributed by atoms with van der Waals surface area (Å²) in [5, 5.41) is 0.0584. The highest BCUT2D eigenvalue weighted by Gasteiger charge is 2.40. The van der Waals surface area contributed by atoms with Crippen LogP contribution < -0.4 is 19.7 Å². The monoisotopic (exact) mass is 472 g/mol. The molecular weight excluding hydrogens is 450 g/mol. The number of aromatic nitrogens is 1. The van der Waals surface area contributed by atoms with Crippen LogP contribution in [0.3, 0.4) is 0 Å². The van der Waals surface area contributed by atoms with Gasteiger partial charge < -0.3 is 24.2 Å². The smallest absolute Gasteiger partial charge is 0.359 e. The van der Waals surface area contributed by atoms with Gasteiger partial charge in [0, 0.05) is 17.1 Å². The summed E-state index contributed by atoms with van der Waals surface area (Å²) in [5.74, 6) is -0.146. The molecule has 0 spiro atoms. The number of halogens is 1. The Kier molecular flexibility index (Phi) is 5.16. The number of amides is 1. The van der Waals surface area contributed by atoms with Crippen LogP contribution >= 0.6 is 7.60 Å². The molecule has 3 aromatic rings. The molecule has 1 atom stereocenters. The van der Waals surface area contributed by atoms with Crippen molar-refractivity contribution in [3.63, 3.8) is 0 Å². The fraction of sp³-hybridized carbons (Fsp3) is 0.304. The third-order valence-electron chi connectivity index (χ3n) is 5.96. The molecular formula is C23H22FN2O6P. The van der Waals surface area contributed by atoms with E-state index in [-0.39, 0.29) is 31.1 Å². The second kappa shape index (κ2) is 7.80. The molecule has 0 fully saturated rings. The fourth-order valence-corrected chi connectivity index (χ4v) is 5.15. The number of carbonyl (C=O) groups is 1. The van der Waals surface area contributed by atoms with Crippen LogP contribution in [0.1, 0.15) is 37.3 Å². The van der Waals surface area contributed by atoms with Gasteiger partial charge in [-0.2, -0.15) is 0 Å². The summed E-state index contributed by atoms with van der Waals surface area (Å²) in [6, 6.07) is 7.18. The molecule has 0 radical (unpaired) electrons. The maximum atomic E-state index is 14.4. The summed E-state index contributed by atoms with van der Waals surface area (Å²) in [6.07, 6.45) is 2.33. The van der Waals surface area contributed by atoms with Crippen molar-refractivity contribution in [2.45, 2.75) is 32.7 Å². The van der Waals surface area contributed by atoms with E-state index >= 15 is 0 Å². The Bertz CT molecular complexity index is 1340. The van der Waals surface area contributed by atoms with Gasteiger partial charge in [-0.05, 0) is 42.2 Å². The Morgan fingerprint density at radius 1 is 1.24 bits per heavy atom. The summed E-state index contributed by atoms with van der Waals surface area (Å²) in [6.45, 7) is 4.22. The summed E-state index contributed by atoms with van der Waals surface area (Å²) < 4.78 is 36.9. The van der Waals surface area contributed by atoms with Crippen LogP contribution in [0.5, 0.6) is 11.5 Å². The number of nitrogens with zero attached hydrogens (tertiary/aromatic N) is 2. The lowest BCUT2D eigenvalue weighted by molar-refractivity contribution is -0.119. The molecule has 2 N–H and O–H groups in total. The first-order valence-electron chi connectivity index (χ1n) is 10.5. The van der Waals surface area contributed by atoms with E-state index in [0.29, 0.717) is 34.7 Å². The minimum absolute atomic E-state index is 0.0480. The van der Waals surface area contributed by atoms with Crippen molar-refractivity contribution in [3.8, 4) is 11.5 Å². The zero-order chi connectivity index (χ0) is 23.5. The number of rotatable bonds is 5. The second-order valence-electron chi connectivity index (χ2n) is 8.69. The van der Waals surface area contributed by atoms with Gasteiger partial charge in [-0.15, -0.1) is 0 Å². The SMILES string of the molecule is CC(C)CC1C(=O)N(Cc2ccc(P(=O)(O)O)c(F)c2)c2c1cnc1c3c(ccc21)OCO3. The molecule has 0 saturated carbocycles. The molecule has 3 heterocycles. The van der Waals surface area contributed by atoms with Crippen molar-refractivity contribution in [2.75, 3.05) is 11.7 Å². The number of hydrogen-bond donors (Lipinski definition) is 2. The van der Waals surface area contributed by atoms with Crippen LogP contribution in [0.4, 0.5) is 10.1 Å². The number of carbonyl (C=O) groups excluding carboxylic acids is 1. The lowest BCUT2D eigenvalue weighted by atomic mass is 9.92. The second-order valence-corrected chi connectivity index (χ2v) is 10.3. The average Bonchev–Trinajstić information content (AvgIpc) is 3.31. The van der Waals surface area contributed by atoms with Gasteiger partial charge in [0.1, 0.15) is 11.3 Å². The predicted molar refractivity (Wildman–Crippen MR) is 119 cm³/mol. The Morgan fingerprint density at radius 3 is 2.73 bits per heavy atom. The van der Waals surface area contributed by atoms with Gasteiger partial charge >= 0.3 is 7.60 Å². The molecule has 1 unspecified atom stereocenters. The first-order valence-corrected chi connectivity index (χ1v) is 12.1. The van der Waals surface area contributed by atoms with E-state index < -0.39 is 18.7 Å². The van der Waals surface area contributed by atoms with Gasteiger partial charge in [0.05, 0.1) is 23.5 Å². The van der Waals surface area contributed by atoms with Crippen LogP contribution in [0.2, 0.25) is 0 Å². The minimum Gasteiger partial charge on any atom is -0.454 e. The van der Waals surface area contributed by atoms with E-state index in [0.717, 1.165) is 23.1 Å². The summed E-state index contributed by atoms with van der Waals surface area (Å²) in [4.78, 5) is 38.3. The zero-order valence-corrected chi connectivity index (χ0v) is 18.9. The molecule has 1 aromatic heterocycles. The van der Waals surface area contributed by atoms with E-state index in [2.05, 4.69) is 4.98 Å². The maximum Gasteiger partial charge on any atom is 0.359 e. The first-order chi connectivity index (χ1) is 15.6. The zero-order valence-electron chi connectivity index (χ0n) is 18.0. The van der Waals surface area contributed by atoms with Gasteiger partial charge in [0.25, 0.3) is 0 Å². The average molecular weight is 472 g/mol. The van der Waals surface area contributed by atoms with Gasteiger partial charge in [-0.25, -0.2) is 4.39 Å². The highest BCUT2D eigenvalue weighted by atomic mass is 31.2. The first kappa shape index (κ1) is 21.8. The molecule has 2 aromatic carbocycles. The summed E-state index contributed by atoms with van der Waals surface area (Å²) in [7, 11) is -4.73. The van der Waals surface area contributed by atoms with Gasteiger partial charge in [0.2, 0.25) is 12.7 Å². The number of anilines is 1. The molecule has 1 amide bonds. The highest BCUT2D eigenvalue weighted by molar-refractivity contribution is 7.60. The van der Waals surface area contributed by atoms with E-state index in [1.165, 1.54) is 6.07 Å². The normalized spacial score (nSPS) is 17.3. The van der Waals surface area contributed by atoms with E-state index in [4.69, 9.17) is 9.47 Å². The van der Waals surface area contributed by atoms with E-state index in [1.807, 2.05) is 19.9 Å². The lowest BCUT2D eigenvalue weighted by Crippen LogP contribution is -2.29. The number of benzene rings is 2. The van der Waals surface area contributed by atoms with Gasteiger partial charge in [-0.3, -0.25) is 14.3 Å².